The maximum Gasteiger partial charge on any atom is 0.216 e. The van der Waals surface area contributed by atoms with Crippen molar-refractivity contribution in [1.82, 2.24) is 0 Å². The second-order valence-corrected chi connectivity index (χ2v) is 4.04. The number of hydrogen-bond acceptors (Lipinski definition) is 3. The molecule has 1 aliphatic heterocycles. The van der Waals surface area contributed by atoms with E-state index in [-0.39, 0.29) is 5.12 Å². The molecule has 10 heavy (non-hydrogen) atoms. The van der Waals surface area contributed by atoms with Gasteiger partial charge in [0, 0.05) is 11.3 Å². The summed E-state index contributed by atoms with van der Waals surface area (Å²) in [7, 11) is 0. The molecule has 0 aromatic rings. The minimum absolute atomic E-state index is 0.221. The van der Waals surface area contributed by atoms with Crippen molar-refractivity contribution in [2.45, 2.75) is 19.8 Å². The van der Waals surface area contributed by atoms with Crippen LogP contribution in [0.4, 0.5) is 0 Å². The highest BCUT2D eigenvalue weighted by molar-refractivity contribution is 8.14. The molecule has 1 nitrogen and oxygen atoms in total. The summed E-state index contributed by atoms with van der Waals surface area (Å²) in [5.74, 6) is 0.976. The number of allylic oxidation sites excluding steroid dienone is 1. The number of hydrogen-bond donors (Lipinski definition) is 1. The van der Waals surface area contributed by atoms with Crippen LogP contribution in [0.15, 0.2) is 10.5 Å². The molecule has 1 heterocycles. The van der Waals surface area contributed by atoms with Crippen molar-refractivity contribution in [2.75, 3.05) is 5.75 Å². The molecular formula is C7H10OS2. The van der Waals surface area contributed by atoms with Crippen molar-refractivity contribution in [1.29, 1.82) is 0 Å². The van der Waals surface area contributed by atoms with Crippen LogP contribution < -0.4 is 0 Å². The quantitative estimate of drug-likeness (QED) is 0.448. The van der Waals surface area contributed by atoms with Gasteiger partial charge in [-0.05, 0) is 24.7 Å². The average molecular weight is 174 g/mol. The van der Waals surface area contributed by atoms with Crippen LogP contribution in [0.3, 0.4) is 0 Å². The summed E-state index contributed by atoms with van der Waals surface area (Å²) in [6.07, 6.45) is 2.03. The predicted octanol–water partition coefficient (Wildman–Crippen LogP) is 2.24. The molecule has 1 rings (SSSR count). The molecule has 0 aromatic carbocycles. The van der Waals surface area contributed by atoms with Crippen molar-refractivity contribution in [3.8, 4) is 0 Å². The molecule has 0 aliphatic carbocycles. The van der Waals surface area contributed by atoms with Crippen molar-refractivity contribution >= 4 is 29.5 Å². The molecule has 0 bridgehead atoms. The standard InChI is InChI=1S/C7H10OS2/c1-5(9)6-3-2-4-10-7(6)8/h9H,2-4H2,1H3/b6-5-. The zero-order chi connectivity index (χ0) is 7.56. The molecule has 1 aliphatic rings. The van der Waals surface area contributed by atoms with Crippen LogP contribution in [0.25, 0.3) is 0 Å². The van der Waals surface area contributed by atoms with Crippen LogP contribution in [0.2, 0.25) is 0 Å². The lowest BCUT2D eigenvalue weighted by atomic mass is 10.1. The SMILES string of the molecule is C/C(S)=C1\CCCSC1=O. The van der Waals surface area contributed by atoms with Crippen LogP contribution >= 0.6 is 24.4 Å². The van der Waals surface area contributed by atoms with Gasteiger partial charge in [-0.3, -0.25) is 4.79 Å². The largest absolute Gasteiger partial charge is 0.282 e. The molecule has 0 spiro atoms. The lowest BCUT2D eigenvalue weighted by molar-refractivity contribution is -0.108. The second kappa shape index (κ2) is 3.49. The lowest BCUT2D eigenvalue weighted by Crippen LogP contribution is -2.06. The molecule has 0 amide bonds. The van der Waals surface area contributed by atoms with Crippen LogP contribution in [-0.4, -0.2) is 10.9 Å². The minimum Gasteiger partial charge on any atom is -0.282 e. The van der Waals surface area contributed by atoms with Crippen molar-refractivity contribution in [2.24, 2.45) is 0 Å². The molecule has 3 heteroatoms. The fraction of sp³-hybridized carbons (Fsp3) is 0.571. The molecule has 56 valence electrons. The highest BCUT2D eigenvalue weighted by Gasteiger charge is 2.16. The summed E-state index contributed by atoms with van der Waals surface area (Å²) >= 11 is 5.55. The van der Waals surface area contributed by atoms with Gasteiger partial charge in [0.1, 0.15) is 0 Å². The Labute approximate surface area is 70.7 Å². The van der Waals surface area contributed by atoms with E-state index in [0.717, 1.165) is 29.1 Å². The summed E-state index contributed by atoms with van der Waals surface area (Å²) in [5.41, 5.74) is 0.916. The van der Waals surface area contributed by atoms with Crippen LogP contribution in [0.5, 0.6) is 0 Å². The van der Waals surface area contributed by atoms with Crippen molar-refractivity contribution in [3.05, 3.63) is 10.5 Å². The highest BCUT2D eigenvalue weighted by atomic mass is 32.2. The van der Waals surface area contributed by atoms with Gasteiger partial charge in [-0.15, -0.1) is 12.6 Å². The van der Waals surface area contributed by atoms with Gasteiger partial charge < -0.3 is 0 Å². The molecule has 0 unspecified atom stereocenters. The fourth-order valence-electron chi connectivity index (χ4n) is 0.932. The third-order valence-electron chi connectivity index (χ3n) is 1.49. The molecule has 0 atom stereocenters. The minimum atomic E-state index is 0.221. The Morgan fingerprint density at radius 2 is 2.40 bits per heavy atom. The first-order valence-corrected chi connectivity index (χ1v) is 4.71. The molecule has 1 saturated heterocycles. The van der Waals surface area contributed by atoms with Gasteiger partial charge in [-0.1, -0.05) is 11.8 Å². The fourth-order valence-corrected chi connectivity index (χ4v) is 2.12. The maximum atomic E-state index is 11.1. The number of rotatable bonds is 0. The number of thiol groups is 1. The Hall–Kier alpha value is 0.110. The summed E-state index contributed by atoms with van der Waals surface area (Å²) in [6, 6.07) is 0. The Balaban J connectivity index is 2.75. The van der Waals surface area contributed by atoms with Gasteiger partial charge in [0.25, 0.3) is 0 Å². The van der Waals surface area contributed by atoms with E-state index in [1.807, 2.05) is 6.92 Å². The van der Waals surface area contributed by atoms with Crippen LogP contribution in [-0.2, 0) is 4.79 Å². The van der Waals surface area contributed by atoms with E-state index in [0.29, 0.717) is 0 Å². The molecule has 0 N–H and O–H groups in total. The first kappa shape index (κ1) is 8.21. The van der Waals surface area contributed by atoms with Gasteiger partial charge >= 0.3 is 0 Å². The zero-order valence-electron chi connectivity index (χ0n) is 5.89. The van der Waals surface area contributed by atoms with Crippen molar-refractivity contribution in [3.63, 3.8) is 0 Å². The first-order chi connectivity index (χ1) is 4.72. The average Bonchev–Trinajstić information content (AvgIpc) is 1.88. The van der Waals surface area contributed by atoms with Gasteiger partial charge in [-0.2, -0.15) is 0 Å². The third kappa shape index (κ3) is 1.80. The maximum absolute atomic E-state index is 11.1. The highest BCUT2D eigenvalue weighted by Crippen LogP contribution is 2.27. The topological polar surface area (TPSA) is 17.1 Å². The summed E-state index contributed by atoms with van der Waals surface area (Å²) in [5, 5.41) is 0.221. The Morgan fingerprint density at radius 1 is 1.70 bits per heavy atom. The Kier molecular flexibility index (Phi) is 2.86. The number of carbonyl (C=O) groups excluding carboxylic acids is 1. The van der Waals surface area contributed by atoms with Crippen molar-refractivity contribution < 1.29 is 4.79 Å². The van der Waals surface area contributed by atoms with Gasteiger partial charge in [0.15, 0.2) is 0 Å². The van der Waals surface area contributed by atoms with Crippen LogP contribution in [0.1, 0.15) is 19.8 Å². The predicted molar refractivity (Wildman–Crippen MR) is 48.4 cm³/mol. The lowest BCUT2D eigenvalue weighted by Gasteiger charge is -2.12. The molecule has 0 saturated carbocycles. The van der Waals surface area contributed by atoms with Gasteiger partial charge in [0.05, 0.1) is 0 Å². The Bertz CT molecular complexity index is 180. The molecule has 1 fully saturated rings. The van der Waals surface area contributed by atoms with E-state index in [4.69, 9.17) is 0 Å². The summed E-state index contributed by atoms with van der Waals surface area (Å²) in [4.78, 5) is 12.0. The molecular weight excluding hydrogens is 164 g/mol. The zero-order valence-corrected chi connectivity index (χ0v) is 7.60. The normalized spacial score (nSPS) is 24.8. The second-order valence-electron chi connectivity index (χ2n) is 2.30. The molecule has 0 aromatic heterocycles. The monoisotopic (exact) mass is 174 g/mol. The van der Waals surface area contributed by atoms with Gasteiger partial charge in [-0.25, -0.2) is 0 Å². The third-order valence-corrected chi connectivity index (χ3v) is 2.76. The van der Waals surface area contributed by atoms with E-state index < -0.39 is 0 Å². The van der Waals surface area contributed by atoms with Crippen LogP contribution in [0, 0.1) is 0 Å². The van der Waals surface area contributed by atoms with E-state index in [1.54, 1.807) is 0 Å². The number of thioether (sulfide) groups is 1. The molecule has 0 radical (unpaired) electrons. The summed E-state index contributed by atoms with van der Waals surface area (Å²) in [6.45, 7) is 1.88. The van der Waals surface area contributed by atoms with E-state index in [1.165, 1.54) is 11.8 Å². The van der Waals surface area contributed by atoms with E-state index in [2.05, 4.69) is 12.6 Å². The first-order valence-electron chi connectivity index (χ1n) is 3.27. The van der Waals surface area contributed by atoms with E-state index in [9.17, 15) is 4.79 Å². The Morgan fingerprint density at radius 3 is 2.80 bits per heavy atom. The number of carbonyl (C=O) groups is 1. The van der Waals surface area contributed by atoms with Gasteiger partial charge in [0.2, 0.25) is 5.12 Å². The smallest absolute Gasteiger partial charge is 0.216 e. The summed E-state index contributed by atoms with van der Waals surface area (Å²) < 4.78 is 0. The van der Waals surface area contributed by atoms with E-state index >= 15 is 0 Å².